The molecule has 1 N–H and O–H groups in total. The lowest BCUT2D eigenvalue weighted by atomic mass is 10.1. The summed E-state index contributed by atoms with van der Waals surface area (Å²) in [6, 6.07) is 9.60. The molecule has 0 atom stereocenters. The maximum absolute atomic E-state index is 11.7. The summed E-state index contributed by atoms with van der Waals surface area (Å²) in [7, 11) is 0. The van der Waals surface area contributed by atoms with Gasteiger partial charge in [0.1, 0.15) is 0 Å². The van der Waals surface area contributed by atoms with E-state index in [0.717, 1.165) is 4.88 Å². The van der Waals surface area contributed by atoms with E-state index in [1.54, 1.807) is 30.3 Å². The van der Waals surface area contributed by atoms with Crippen LogP contribution in [0, 0.1) is 10.1 Å². The SMILES string of the molecule is O=C(Cc1ccccc1[N+](=O)[O-])N/N=C/c1ccc(Cl)s1. The van der Waals surface area contributed by atoms with Crippen LogP contribution in [0.25, 0.3) is 0 Å². The largest absolute Gasteiger partial charge is 0.273 e. The lowest BCUT2D eigenvalue weighted by molar-refractivity contribution is -0.385. The zero-order valence-corrected chi connectivity index (χ0v) is 12.2. The Morgan fingerprint density at radius 1 is 1.38 bits per heavy atom. The Morgan fingerprint density at radius 3 is 2.81 bits per heavy atom. The number of nitrogens with zero attached hydrogens (tertiary/aromatic N) is 2. The van der Waals surface area contributed by atoms with Gasteiger partial charge in [-0.3, -0.25) is 14.9 Å². The van der Waals surface area contributed by atoms with Gasteiger partial charge >= 0.3 is 0 Å². The standard InChI is InChI=1S/C13H10ClN3O3S/c14-12-6-5-10(21-12)8-15-16-13(18)7-9-3-1-2-4-11(9)17(19)20/h1-6,8H,7H2,(H,16,18)/b15-8+. The molecule has 0 unspecified atom stereocenters. The number of amides is 1. The first-order valence-corrected chi connectivity index (χ1v) is 7.05. The van der Waals surface area contributed by atoms with Crippen molar-refractivity contribution in [2.75, 3.05) is 0 Å². The molecule has 0 saturated carbocycles. The zero-order chi connectivity index (χ0) is 15.2. The van der Waals surface area contributed by atoms with E-state index in [4.69, 9.17) is 11.6 Å². The quantitative estimate of drug-likeness (QED) is 0.521. The van der Waals surface area contributed by atoms with Gasteiger partial charge in [-0.15, -0.1) is 11.3 Å². The second-order valence-corrected chi connectivity index (χ2v) is 5.74. The minimum absolute atomic E-state index is 0.0818. The van der Waals surface area contributed by atoms with Gasteiger partial charge in [-0.25, -0.2) is 5.43 Å². The highest BCUT2D eigenvalue weighted by molar-refractivity contribution is 7.17. The summed E-state index contributed by atoms with van der Waals surface area (Å²) in [5.41, 5.74) is 2.59. The number of thiophene rings is 1. The number of benzene rings is 1. The molecule has 1 amide bonds. The average molecular weight is 324 g/mol. The fraction of sp³-hybridized carbons (Fsp3) is 0.0769. The third kappa shape index (κ3) is 4.37. The van der Waals surface area contributed by atoms with Crippen LogP contribution >= 0.6 is 22.9 Å². The van der Waals surface area contributed by atoms with E-state index < -0.39 is 10.8 Å². The number of hydrogen-bond acceptors (Lipinski definition) is 5. The molecule has 1 aromatic carbocycles. The van der Waals surface area contributed by atoms with Crippen LogP contribution in [0.4, 0.5) is 5.69 Å². The molecule has 1 aromatic heterocycles. The van der Waals surface area contributed by atoms with Crippen LogP contribution in [0.2, 0.25) is 4.34 Å². The Morgan fingerprint density at radius 2 is 2.14 bits per heavy atom. The van der Waals surface area contributed by atoms with Crippen LogP contribution < -0.4 is 5.43 Å². The van der Waals surface area contributed by atoms with Gasteiger partial charge in [0, 0.05) is 16.5 Å². The van der Waals surface area contributed by atoms with Crippen molar-refractivity contribution < 1.29 is 9.72 Å². The fourth-order valence-electron chi connectivity index (χ4n) is 1.62. The molecule has 0 fully saturated rings. The molecule has 1 heterocycles. The van der Waals surface area contributed by atoms with Crippen LogP contribution in [0.3, 0.4) is 0 Å². The monoisotopic (exact) mass is 323 g/mol. The highest BCUT2D eigenvalue weighted by Crippen LogP contribution is 2.20. The molecule has 0 aliphatic rings. The Hall–Kier alpha value is -2.25. The Balaban J connectivity index is 1.96. The van der Waals surface area contributed by atoms with E-state index in [9.17, 15) is 14.9 Å². The Kier molecular flexibility index (Phi) is 5.02. The number of nitro groups is 1. The minimum Gasteiger partial charge on any atom is -0.273 e. The first kappa shape index (κ1) is 15.1. The van der Waals surface area contributed by atoms with Crippen LogP contribution in [0.15, 0.2) is 41.5 Å². The molecule has 21 heavy (non-hydrogen) atoms. The van der Waals surface area contributed by atoms with E-state index in [2.05, 4.69) is 10.5 Å². The van der Waals surface area contributed by atoms with Crippen LogP contribution in [0.1, 0.15) is 10.4 Å². The molecule has 0 saturated heterocycles. The predicted molar refractivity (Wildman–Crippen MR) is 81.9 cm³/mol. The number of para-hydroxylation sites is 1. The molecular weight excluding hydrogens is 314 g/mol. The van der Waals surface area contributed by atoms with Crippen LogP contribution in [-0.2, 0) is 11.2 Å². The van der Waals surface area contributed by atoms with Gasteiger partial charge in [0.15, 0.2) is 0 Å². The molecule has 0 aliphatic carbocycles. The average Bonchev–Trinajstić information content (AvgIpc) is 2.85. The number of carbonyl (C=O) groups excluding carboxylic acids is 1. The molecule has 0 radical (unpaired) electrons. The maximum Gasteiger partial charge on any atom is 0.273 e. The van der Waals surface area contributed by atoms with Gasteiger partial charge in [0.2, 0.25) is 5.91 Å². The van der Waals surface area contributed by atoms with Crippen molar-refractivity contribution in [1.29, 1.82) is 0 Å². The molecular formula is C13H10ClN3O3S. The number of hydrazone groups is 1. The molecule has 2 rings (SSSR count). The Bertz CT molecular complexity index is 699. The maximum atomic E-state index is 11.7. The van der Waals surface area contributed by atoms with E-state index in [-0.39, 0.29) is 12.1 Å². The summed E-state index contributed by atoms with van der Waals surface area (Å²) in [4.78, 5) is 22.8. The van der Waals surface area contributed by atoms with Crippen molar-refractivity contribution in [1.82, 2.24) is 5.43 Å². The van der Waals surface area contributed by atoms with Crippen molar-refractivity contribution in [3.8, 4) is 0 Å². The second-order valence-electron chi connectivity index (χ2n) is 4.00. The summed E-state index contributed by atoms with van der Waals surface area (Å²) < 4.78 is 0.627. The molecule has 2 aromatic rings. The van der Waals surface area contributed by atoms with Crippen LogP contribution in [-0.4, -0.2) is 17.0 Å². The molecule has 6 nitrogen and oxygen atoms in total. The molecule has 108 valence electrons. The van der Waals surface area contributed by atoms with Gasteiger partial charge < -0.3 is 0 Å². The summed E-state index contributed by atoms with van der Waals surface area (Å²) >= 11 is 7.09. The highest BCUT2D eigenvalue weighted by atomic mass is 35.5. The lowest BCUT2D eigenvalue weighted by Gasteiger charge is -2.01. The third-order valence-corrected chi connectivity index (χ3v) is 3.68. The fourth-order valence-corrected chi connectivity index (χ4v) is 2.55. The number of hydrogen-bond donors (Lipinski definition) is 1. The predicted octanol–water partition coefficient (Wildman–Crippen LogP) is 3.00. The van der Waals surface area contributed by atoms with E-state index in [0.29, 0.717) is 9.90 Å². The second kappa shape index (κ2) is 6.96. The van der Waals surface area contributed by atoms with Crippen molar-refractivity contribution in [2.24, 2.45) is 5.10 Å². The zero-order valence-electron chi connectivity index (χ0n) is 10.7. The summed E-state index contributed by atoms with van der Waals surface area (Å²) in [5, 5.41) is 14.6. The van der Waals surface area contributed by atoms with Gasteiger partial charge in [0.25, 0.3) is 5.69 Å². The van der Waals surface area contributed by atoms with Crippen molar-refractivity contribution in [3.05, 3.63) is 61.3 Å². The van der Waals surface area contributed by atoms with Crippen LogP contribution in [0.5, 0.6) is 0 Å². The Labute approximate surface area is 129 Å². The van der Waals surface area contributed by atoms with Crippen molar-refractivity contribution >= 4 is 40.7 Å². The molecule has 0 bridgehead atoms. The summed E-state index contributed by atoms with van der Waals surface area (Å²) in [6.07, 6.45) is 1.35. The summed E-state index contributed by atoms with van der Waals surface area (Å²) in [5.74, 6) is -0.428. The normalized spacial score (nSPS) is 10.7. The van der Waals surface area contributed by atoms with E-state index >= 15 is 0 Å². The first-order chi connectivity index (χ1) is 10.1. The number of rotatable bonds is 5. The topological polar surface area (TPSA) is 84.6 Å². The number of carbonyl (C=O) groups is 1. The lowest BCUT2D eigenvalue weighted by Crippen LogP contribution is -2.20. The van der Waals surface area contributed by atoms with Gasteiger partial charge in [-0.2, -0.15) is 5.10 Å². The molecule has 0 spiro atoms. The number of nitrogens with one attached hydrogen (secondary N) is 1. The molecule has 0 aliphatic heterocycles. The first-order valence-electron chi connectivity index (χ1n) is 5.86. The van der Waals surface area contributed by atoms with Gasteiger partial charge in [-0.1, -0.05) is 29.8 Å². The van der Waals surface area contributed by atoms with Crippen molar-refractivity contribution in [3.63, 3.8) is 0 Å². The minimum atomic E-state index is -0.514. The smallest absolute Gasteiger partial charge is 0.273 e. The van der Waals surface area contributed by atoms with Crippen molar-refractivity contribution in [2.45, 2.75) is 6.42 Å². The van der Waals surface area contributed by atoms with Gasteiger partial charge in [0.05, 0.1) is 21.9 Å². The van der Waals surface area contributed by atoms with Gasteiger partial charge in [-0.05, 0) is 12.1 Å². The van der Waals surface area contributed by atoms with E-state index in [1.807, 2.05) is 0 Å². The highest BCUT2D eigenvalue weighted by Gasteiger charge is 2.14. The number of halogens is 1. The summed E-state index contributed by atoms with van der Waals surface area (Å²) in [6.45, 7) is 0. The number of nitro benzene ring substituents is 1. The third-order valence-electron chi connectivity index (χ3n) is 2.51. The van der Waals surface area contributed by atoms with E-state index in [1.165, 1.54) is 23.6 Å². The molecule has 8 heteroatoms.